The molecule has 0 aromatic carbocycles. The number of carbonyl (C=O) groups is 1. The van der Waals surface area contributed by atoms with Gasteiger partial charge in [0, 0.05) is 44.7 Å². The fraction of sp³-hybridized carbons (Fsp3) is 0.727. The SMILES string of the molecule is Cc1noc(C)c1S(=O)(=O)N1CCC(C(=O)N2CCCC2c2nc(C3CCOCC3)no2)CC1. The molecule has 11 nitrogen and oxygen atoms in total. The molecule has 2 aromatic rings. The number of likely N-dealkylation sites (tertiary alicyclic amines) is 1. The van der Waals surface area contributed by atoms with E-state index < -0.39 is 10.0 Å². The quantitative estimate of drug-likeness (QED) is 0.615. The predicted octanol–water partition coefficient (Wildman–Crippen LogP) is 2.33. The first kappa shape index (κ1) is 23.4. The lowest BCUT2D eigenvalue weighted by atomic mass is 9.96. The molecule has 34 heavy (non-hydrogen) atoms. The zero-order valence-corrected chi connectivity index (χ0v) is 20.4. The Bertz CT molecular complexity index is 1110. The van der Waals surface area contributed by atoms with Gasteiger partial charge in [-0.1, -0.05) is 10.3 Å². The third-order valence-corrected chi connectivity index (χ3v) is 9.38. The number of amides is 1. The van der Waals surface area contributed by atoms with Gasteiger partial charge in [-0.3, -0.25) is 4.79 Å². The first-order valence-electron chi connectivity index (χ1n) is 12.0. The molecule has 3 saturated heterocycles. The average Bonchev–Trinajstić information content (AvgIpc) is 3.59. The van der Waals surface area contributed by atoms with Crippen molar-refractivity contribution in [3.05, 3.63) is 23.2 Å². The molecule has 0 N–H and O–H groups in total. The molecular weight excluding hydrogens is 462 g/mol. The molecule has 2 aromatic heterocycles. The van der Waals surface area contributed by atoms with Gasteiger partial charge in [-0.05, 0) is 52.4 Å². The zero-order valence-electron chi connectivity index (χ0n) is 19.6. The van der Waals surface area contributed by atoms with Crippen LogP contribution in [0.5, 0.6) is 0 Å². The van der Waals surface area contributed by atoms with E-state index in [9.17, 15) is 13.2 Å². The molecule has 1 atom stereocenters. The van der Waals surface area contributed by atoms with Gasteiger partial charge in [0.05, 0.1) is 0 Å². The van der Waals surface area contributed by atoms with Gasteiger partial charge >= 0.3 is 0 Å². The number of aromatic nitrogens is 3. The van der Waals surface area contributed by atoms with E-state index in [4.69, 9.17) is 13.8 Å². The molecule has 3 fully saturated rings. The molecule has 186 valence electrons. The summed E-state index contributed by atoms with van der Waals surface area (Å²) in [5.41, 5.74) is 0.357. The van der Waals surface area contributed by atoms with E-state index in [2.05, 4.69) is 15.3 Å². The molecule has 12 heteroatoms. The van der Waals surface area contributed by atoms with Crippen LogP contribution in [-0.2, 0) is 19.6 Å². The molecule has 1 unspecified atom stereocenters. The van der Waals surface area contributed by atoms with Crippen molar-refractivity contribution in [2.45, 2.75) is 69.2 Å². The highest BCUT2D eigenvalue weighted by Gasteiger charge is 2.40. The first-order valence-corrected chi connectivity index (χ1v) is 13.4. The third-order valence-electron chi connectivity index (χ3n) is 7.23. The number of carbonyl (C=O) groups excluding carboxylic acids is 1. The Kier molecular flexibility index (Phi) is 6.47. The van der Waals surface area contributed by atoms with Crippen LogP contribution in [0.4, 0.5) is 0 Å². The predicted molar refractivity (Wildman–Crippen MR) is 118 cm³/mol. The molecular formula is C22H31N5O6S. The lowest BCUT2D eigenvalue weighted by Gasteiger charge is -2.33. The number of rotatable bonds is 5. The van der Waals surface area contributed by atoms with E-state index in [1.165, 1.54) is 4.31 Å². The highest BCUT2D eigenvalue weighted by Crippen LogP contribution is 2.36. The smallest absolute Gasteiger partial charge is 0.249 e. The summed E-state index contributed by atoms with van der Waals surface area (Å²) >= 11 is 0. The molecule has 0 bridgehead atoms. The van der Waals surface area contributed by atoms with Crippen molar-refractivity contribution in [2.75, 3.05) is 32.8 Å². The maximum absolute atomic E-state index is 13.4. The van der Waals surface area contributed by atoms with Gasteiger partial charge in [0.2, 0.25) is 21.8 Å². The summed E-state index contributed by atoms with van der Waals surface area (Å²) in [7, 11) is -3.70. The van der Waals surface area contributed by atoms with E-state index in [0.29, 0.717) is 50.0 Å². The summed E-state index contributed by atoms with van der Waals surface area (Å²) in [5, 5.41) is 7.97. The zero-order chi connectivity index (χ0) is 23.9. The van der Waals surface area contributed by atoms with E-state index in [0.717, 1.165) is 25.7 Å². The Morgan fingerprint density at radius 1 is 0.971 bits per heavy atom. The van der Waals surface area contributed by atoms with Crippen LogP contribution in [0.1, 0.15) is 73.7 Å². The maximum atomic E-state index is 13.4. The summed E-state index contributed by atoms with van der Waals surface area (Å²) in [4.78, 5) is 20.1. The van der Waals surface area contributed by atoms with E-state index >= 15 is 0 Å². The second kappa shape index (κ2) is 9.38. The Morgan fingerprint density at radius 2 is 1.71 bits per heavy atom. The number of nitrogens with zero attached hydrogens (tertiary/aromatic N) is 5. The van der Waals surface area contributed by atoms with Crippen molar-refractivity contribution in [1.29, 1.82) is 0 Å². The van der Waals surface area contributed by atoms with Crippen molar-refractivity contribution in [2.24, 2.45) is 5.92 Å². The molecule has 0 radical (unpaired) electrons. The Hall–Kier alpha value is -2.31. The van der Waals surface area contributed by atoms with Gasteiger partial charge in [-0.2, -0.15) is 9.29 Å². The van der Waals surface area contributed by atoms with Crippen LogP contribution in [0.25, 0.3) is 0 Å². The van der Waals surface area contributed by atoms with E-state index in [1.807, 2.05) is 4.90 Å². The van der Waals surface area contributed by atoms with Crippen LogP contribution >= 0.6 is 0 Å². The van der Waals surface area contributed by atoms with Crippen molar-refractivity contribution in [3.8, 4) is 0 Å². The Labute approximate surface area is 198 Å². The van der Waals surface area contributed by atoms with Crippen molar-refractivity contribution in [1.82, 2.24) is 24.5 Å². The lowest BCUT2D eigenvalue weighted by Crippen LogP contribution is -2.44. The minimum atomic E-state index is -3.70. The first-order chi connectivity index (χ1) is 16.4. The van der Waals surface area contributed by atoms with E-state index in [1.54, 1.807) is 13.8 Å². The second-order valence-electron chi connectivity index (χ2n) is 9.40. The van der Waals surface area contributed by atoms with Crippen LogP contribution in [0.2, 0.25) is 0 Å². The Balaban J connectivity index is 1.23. The van der Waals surface area contributed by atoms with Gasteiger partial charge in [-0.25, -0.2) is 8.42 Å². The summed E-state index contributed by atoms with van der Waals surface area (Å²) < 4.78 is 43.7. The molecule has 0 spiro atoms. The number of aryl methyl sites for hydroxylation is 2. The van der Waals surface area contributed by atoms with Crippen molar-refractivity contribution >= 4 is 15.9 Å². The lowest BCUT2D eigenvalue weighted by molar-refractivity contribution is -0.138. The number of sulfonamides is 1. The minimum absolute atomic E-state index is 0.0442. The normalized spacial score (nSPS) is 23.6. The number of ether oxygens (including phenoxy) is 1. The molecule has 0 aliphatic carbocycles. The standard InChI is InChI=1S/C22H31N5O6S/c1-14-19(15(2)32-24-14)34(29,30)26-10-5-17(6-11-26)22(28)27-9-3-4-18(27)21-23-20(25-33-21)16-7-12-31-13-8-16/h16-18H,3-13H2,1-2H3. The number of hydrogen-bond acceptors (Lipinski definition) is 9. The topological polar surface area (TPSA) is 132 Å². The number of hydrogen-bond donors (Lipinski definition) is 0. The fourth-order valence-corrected chi connectivity index (χ4v) is 7.10. The van der Waals surface area contributed by atoms with Gasteiger partial charge in [0.1, 0.15) is 16.6 Å². The number of piperidine rings is 1. The van der Waals surface area contributed by atoms with Gasteiger partial charge in [0.15, 0.2) is 11.6 Å². The van der Waals surface area contributed by atoms with Gasteiger partial charge < -0.3 is 18.7 Å². The highest BCUT2D eigenvalue weighted by atomic mass is 32.2. The average molecular weight is 494 g/mol. The molecule has 5 rings (SSSR count). The van der Waals surface area contributed by atoms with Crippen molar-refractivity contribution < 1.29 is 27.0 Å². The molecule has 3 aliphatic rings. The van der Waals surface area contributed by atoms with Crippen LogP contribution in [-0.4, -0.2) is 71.7 Å². The monoisotopic (exact) mass is 493 g/mol. The van der Waals surface area contributed by atoms with Gasteiger partial charge in [-0.15, -0.1) is 0 Å². The summed E-state index contributed by atoms with van der Waals surface area (Å²) in [6, 6.07) is -0.211. The third kappa shape index (κ3) is 4.27. The minimum Gasteiger partial charge on any atom is -0.381 e. The Morgan fingerprint density at radius 3 is 2.38 bits per heavy atom. The molecule has 3 aliphatic heterocycles. The van der Waals surface area contributed by atoms with Crippen LogP contribution in [0.15, 0.2) is 13.9 Å². The largest absolute Gasteiger partial charge is 0.381 e. The summed E-state index contributed by atoms with van der Waals surface area (Å²) in [5.74, 6) is 1.55. The highest BCUT2D eigenvalue weighted by molar-refractivity contribution is 7.89. The molecule has 0 saturated carbocycles. The van der Waals surface area contributed by atoms with Crippen molar-refractivity contribution in [3.63, 3.8) is 0 Å². The molecule has 5 heterocycles. The van der Waals surface area contributed by atoms with Gasteiger partial charge in [0.25, 0.3) is 0 Å². The summed E-state index contributed by atoms with van der Waals surface area (Å²) in [6.45, 7) is 5.85. The summed E-state index contributed by atoms with van der Waals surface area (Å²) in [6.07, 6.45) is 4.37. The van der Waals surface area contributed by atoms with Crippen LogP contribution in [0.3, 0.4) is 0 Å². The fourth-order valence-electron chi connectivity index (χ4n) is 5.34. The van der Waals surface area contributed by atoms with Crippen LogP contribution < -0.4 is 0 Å². The van der Waals surface area contributed by atoms with E-state index in [-0.39, 0.29) is 47.5 Å². The molecule has 1 amide bonds. The van der Waals surface area contributed by atoms with Crippen LogP contribution in [0, 0.1) is 19.8 Å². The second-order valence-corrected chi connectivity index (χ2v) is 11.3. The maximum Gasteiger partial charge on any atom is 0.249 e.